The molecule has 3 aromatic carbocycles. The Hall–Kier alpha value is -3.28. The number of hydrogen-bond donors (Lipinski definition) is 3. The van der Waals surface area contributed by atoms with Crippen LogP contribution in [0.2, 0.25) is 5.02 Å². The first-order chi connectivity index (χ1) is 19.0. The average molecular weight is 561 g/mol. The summed E-state index contributed by atoms with van der Waals surface area (Å²) < 4.78 is 0. The first-order valence-corrected chi connectivity index (χ1v) is 14.4. The van der Waals surface area contributed by atoms with Gasteiger partial charge in [-0.2, -0.15) is 0 Å². The molecule has 5 nitrogen and oxygen atoms in total. The standard InChI is InChI=1S/C34H41ClN2O3/c1-22-18-28(32(29(19-22)33(40)23(2)21-39)37-15-13-34(4,5)14-16-37)24(3)36-31-9-7-6-8-27(31)26-11-10-25(12-17-38)30(35)20-26/h6-11,18-21,24,36,38-39H,12-17H2,1-5H3/b23-21-. The van der Waals surface area contributed by atoms with Crippen LogP contribution in [0.1, 0.15) is 73.6 Å². The molecule has 212 valence electrons. The van der Waals surface area contributed by atoms with Gasteiger partial charge in [-0.3, -0.25) is 4.79 Å². The molecule has 0 aliphatic carbocycles. The van der Waals surface area contributed by atoms with Crippen LogP contribution in [-0.2, 0) is 6.42 Å². The predicted molar refractivity (Wildman–Crippen MR) is 167 cm³/mol. The number of rotatable bonds is 9. The summed E-state index contributed by atoms with van der Waals surface area (Å²) in [5, 5.41) is 23.4. The molecule has 3 aromatic rings. The number of anilines is 2. The van der Waals surface area contributed by atoms with Gasteiger partial charge >= 0.3 is 0 Å². The van der Waals surface area contributed by atoms with Crippen LogP contribution < -0.4 is 10.2 Å². The van der Waals surface area contributed by atoms with Crippen molar-refractivity contribution in [1.82, 2.24) is 0 Å². The maximum atomic E-state index is 13.5. The lowest BCUT2D eigenvalue weighted by molar-refractivity contribution is 0.103. The highest BCUT2D eigenvalue weighted by molar-refractivity contribution is 6.31. The van der Waals surface area contributed by atoms with Crippen LogP contribution >= 0.6 is 11.6 Å². The number of carbonyl (C=O) groups is 1. The lowest BCUT2D eigenvalue weighted by Gasteiger charge is -2.40. The van der Waals surface area contributed by atoms with Gasteiger partial charge in [0.1, 0.15) is 0 Å². The molecule has 6 heteroatoms. The highest BCUT2D eigenvalue weighted by Crippen LogP contribution is 2.40. The van der Waals surface area contributed by atoms with Crippen molar-refractivity contribution in [3.05, 3.63) is 93.7 Å². The number of nitrogens with zero attached hydrogens (tertiary/aromatic N) is 1. The largest absolute Gasteiger partial charge is 0.515 e. The summed E-state index contributed by atoms with van der Waals surface area (Å²) in [5.41, 5.74) is 8.12. The molecule has 1 atom stereocenters. The fraction of sp³-hybridized carbons (Fsp3) is 0.382. The number of aliphatic hydroxyl groups is 2. The summed E-state index contributed by atoms with van der Waals surface area (Å²) >= 11 is 6.55. The highest BCUT2D eigenvalue weighted by Gasteiger charge is 2.30. The van der Waals surface area contributed by atoms with E-state index in [9.17, 15) is 15.0 Å². The minimum Gasteiger partial charge on any atom is -0.515 e. The molecule has 0 aromatic heterocycles. The number of Topliss-reactive ketones (excluding diaryl/α,β-unsaturated/α-hetero) is 1. The van der Waals surface area contributed by atoms with E-state index in [0.717, 1.165) is 71.4 Å². The summed E-state index contributed by atoms with van der Waals surface area (Å²) in [6, 6.07) is 18.1. The number of para-hydroxylation sites is 1. The first-order valence-electron chi connectivity index (χ1n) is 14.0. The molecule has 1 unspecified atom stereocenters. The van der Waals surface area contributed by atoms with Crippen LogP contribution in [-0.4, -0.2) is 35.7 Å². The molecule has 1 aliphatic heterocycles. The number of halogens is 1. The third-order valence-corrected chi connectivity index (χ3v) is 8.38. The topological polar surface area (TPSA) is 72.8 Å². The van der Waals surface area contributed by atoms with Crippen LogP contribution in [0.15, 0.2) is 66.4 Å². The van der Waals surface area contributed by atoms with Gasteiger partial charge in [0, 0.05) is 47.1 Å². The molecule has 0 bridgehead atoms. The van der Waals surface area contributed by atoms with Gasteiger partial charge < -0.3 is 20.4 Å². The summed E-state index contributed by atoms with van der Waals surface area (Å²) in [6.07, 6.45) is 3.51. The fourth-order valence-corrected chi connectivity index (χ4v) is 5.75. The van der Waals surface area contributed by atoms with Crippen LogP contribution in [0.3, 0.4) is 0 Å². The molecule has 1 aliphatic rings. The summed E-state index contributed by atoms with van der Waals surface area (Å²) in [7, 11) is 0. The van der Waals surface area contributed by atoms with Gasteiger partial charge in [0.15, 0.2) is 5.78 Å². The lowest BCUT2D eigenvalue weighted by atomic mass is 9.81. The van der Waals surface area contributed by atoms with Gasteiger partial charge in [0.25, 0.3) is 0 Å². The van der Waals surface area contributed by atoms with E-state index in [1.165, 1.54) is 0 Å². The molecular weight excluding hydrogens is 520 g/mol. The van der Waals surface area contributed by atoms with Crippen LogP contribution in [0.5, 0.6) is 0 Å². The van der Waals surface area contributed by atoms with Crippen LogP contribution in [0, 0.1) is 12.3 Å². The zero-order valence-electron chi connectivity index (χ0n) is 24.2. The minimum atomic E-state index is -0.155. The van der Waals surface area contributed by atoms with E-state index >= 15 is 0 Å². The second-order valence-electron chi connectivity index (χ2n) is 11.7. The van der Waals surface area contributed by atoms with E-state index in [1.807, 2.05) is 43.3 Å². The third-order valence-electron chi connectivity index (χ3n) is 8.02. The Morgan fingerprint density at radius 1 is 1.12 bits per heavy atom. The van der Waals surface area contributed by atoms with Crippen molar-refractivity contribution in [2.75, 3.05) is 29.9 Å². The fourth-order valence-electron chi connectivity index (χ4n) is 5.48. The summed E-state index contributed by atoms with van der Waals surface area (Å²) in [4.78, 5) is 15.8. The van der Waals surface area contributed by atoms with Gasteiger partial charge in [-0.15, -0.1) is 0 Å². The summed E-state index contributed by atoms with van der Waals surface area (Å²) in [6.45, 7) is 12.2. The molecule has 0 saturated carbocycles. The highest BCUT2D eigenvalue weighted by atomic mass is 35.5. The van der Waals surface area contributed by atoms with Crippen molar-refractivity contribution in [3.8, 4) is 11.1 Å². The Morgan fingerprint density at radius 3 is 2.48 bits per heavy atom. The van der Waals surface area contributed by atoms with Gasteiger partial charge in [-0.05, 0) is 85.9 Å². The second kappa shape index (κ2) is 12.5. The Bertz CT molecular complexity index is 1400. The first kappa shape index (κ1) is 29.7. The number of hydrogen-bond acceptors (Lipinski definition) is 5. The molecule has 1 saturated heterocycles. The van der Waals surface area contributed by atoms with Crippen molar-refractivity contribution in [2.24, 2.45) is 5.41 Å². The van der Waals surface area contributed by atoms with E-state index in [-0.39, 0.29) is 23.8 Å². The normalized spacial score (nSPS) is 16.1. The van der Waals surface area contributed by atoms with Crippen LogP contribution in [0.25, 0.3) is 11.1 Å². The smallest absolute Gasteiger partial charge is 0.193 e. The number of nitrogens with one attached hydrogen (secondary N) is 1. The molecule has 3 N–H and O–H groups in total. The molecule has 0 amide bonds. The monoisotopic (exact) mass is 560 g/mol. The maximum absolute atomic E-state index is 13.5. The van der Waals surface area contributed by atoms with Crippen molar-refractivity contribution in [3.63, 3.8) is 0 Å². The Balaban J connectivity index is 1.76. The number of allylic oxidation sites excluding steroid dienone is 1. The van der Waals surface area contributed by atoms with Crippen molar-refractivity contribution in [2.45, 2.75) is 59.9 Å². The van der Waals surface area contributed by atoms with E-state index in [0.29, 0.717) is 22.6 Å². The SMILES string of the molecule is C/C(=C/O)C(=O)c1cc(C)cc(C(C)Nc2ccccc2-c2ccc(CCO)c(Cl)c2)c1N1CCC(C)(C)CC1. The van der Waals surface area contributed by atoms with Gasteiger partial charge in [-0.25, -0.2) is 0 Å². The number of benzene rings is 3. The quantitative estimate of drug-likeness (QED) is 0.139. The van der Waals surface area contributed by atoms with Gasteiger partial charge in [0.2, 0.25) is 0 Å². The number of ketones is 1. The maximum Gasteiger partial charge on any atom is 0.193 e. The molecular formula is C34H41ClN2O3. The minimum absolute atomic E-state index is 0.0557. The second-order valence-corrected chi connectivity index (χ2v) is 12.1. The van der Waals surface area contributed by atoms with E-state index < -0.39 is 0 Å². The number of aliphatic hydroxyl groups excluding tert-OH is 2. The van der Waals surface area contributed by atoms with E-state index in [4.69, 9.17) is 11.6 Å². The van der Waals surface area contributed by atoms with E-state index in [1.54, 1.807) is 6.92 Å². The third kappa shape index (κ3) is 6.54. The Kier molecular flexibility index (Phi) is 9.27. The molecule has 4 rings (SSSR count). The van der Waals surface area contributed by atoms with Crippen molar-refractivity contribution >= 4 is 28.8 Å². The van der Waals surface area contributed by atoms with Crippen molar-refractivity contribution in [1.29, 1.82) is 0 Å². The Labute approximate surface area is 243 Å². The van der Waals surface area contributed by atoms with Gasteiger partial charge in [0.05, 0.1) is 18.0 Å². The Morgan fingerprint density at radius 2 is 1.82 bits per heavy atom. The number of carbonyl (C=O) groups excluding carboxylic acids is 1. The molecule has 1 fully saturated rings. The van der Waals surface area contributed by atoms with E-state index in [2.05, 4.69) is 49.2 Å². The van der Waals surface area contributed by atoms with Gasteiger partial charge in [-0.1, -0.05) is 61.8 Å². The predicted octanol–water partition coefficient (Wildman–Crippen LogP) is 8.29. The number of aryl methyl sites for hydroxylation is 1. The summed E-state index contributed by atoms with van der Waals surface area (Å²) in [5.74, 6) is -0.155. The average Bonchev–Trinajstić information content (AvgIpc) is 2.93. The molecule has 1 heterocycles. The molecule has 40 heavy (non-hydrogen) atoms. The van der Waals surface area contributed by atoms with Crippen LogP contribution in [0.4, 0.5) is 11.4 Å². The molecule has 0 spiro atoms. The number of piperidine rings is 1. The zero-order chi connectivity index (χ0) is 29.0. The zero-order valence-corrected chi connectivity index (χ0v) is 25.0. The lowest BCUT2D eigenvalue weighted by Crippen LogP contribution is -2.39. The van der Waals surface area contributed by atoms with Crippen molar-refractivity contribution < 1.29 is 15.0 Å². The molecule has 0 radical (unpaired) electrons.